The van der Waals surface area contributed by atoms with Crippen molar-refractivity contribution in [2.45, 2.75) is 12.8 Å². The summed E-state index contributed by atoms with van der Waals surface area (Å²) >= 11 is 0. The molecule has 1 atom stereocenters. The van der Waals surface area contributed by atoms with Gasteiger partial charge in [-0.2, -0.15) is 4.98 Å². The van der Waals surface area contributed by atoms with Gasteiger partial charge in [0.25, 0.3) is 5.91 Å². The second-order valence-electron chi connectivity index (χ2n) is 7.56. The molecule has 0 aliphatic carbocycles. The summed E-state index contributed by atoms with van der Waals surface area (Å²) < 4.78 is 5.32. The summed E-state index contributed by atoms with van der Waals surface area (Å²) in [6.07, 6.45) is 4.89. The lowest BCUT2D eigenvalue weighted by atomic mass is 10.0. The van der Waals surface area contributed by atoms with Gasteiger partial charge < -0.3 is 20.7 Å². The van der Waals surface area contributed by atoms with E-state index in [0.29, 0.717) is 54.8 Å². The Balaban J connectivity index is 1.65. The predicted octanol–water partition coefficient (Wildman–Crippen LogP) is 1.97. The van der Waals surface area contributed by atoms with Crippen LogP contribution in [0.2, 0.25) is 0 Å². The molecule has 1 fully saturated rings. The van der Waals surface area contributed by atoms with E-state index in [1.807, 2.05) is 6.92 Å². The average molecular weight is 457 g/mol. The molecule has 4 N–H and O–H groups in total. The minimum atomic E-state index is -0.359. The van der Waals surface area contributed by atoms with Gasteiger partial charge in [-0.25, -0.2) is 15.0 Å². The smallest absolute Gasteiger partial charge is 0.272 e. The van der Waals surface area contributed by atoms with E-state index in [1.54, 1.807) is 47.6 Å². The number of rotatable bonds is 5. The van der Waals surface area contributed by atoms with E-state index in [-0.39, 0.29) is 23.5 Å². The Kier molecular flexibility index (Phi) is 7.05. The zero-order chi connectivity index (χ0) is 23.9. The molecule has 0 bridgehead atoms. The lowest BCUT2D eigenvalue weighted by molar-refractivity contribution is -0.128. The highest BCUT2D eigenvalue weighted by atomic mass is 16.5. The Labute approximate surface area is 197 Å². The van der Waals surface area contributed by atoms with E-state index in [2.05, 4.69) is 37.1 Å². The van der Waals surface area contributed by atoms with Crippen LogP contribution in [0.5, 0.6) is 0 Å². The van der Waals surface area contributed by atoms with Crippen molar-refractivity contribution in [1.82, 2.24) is 24.8 Å². The minimum Gasteiger partial charge on any atom is -0.378 e. The molecule has 1 aliphatic heterocycles. The zero-order valence-electron chi connectivity index (χ0n) is 18.7. The molecule has 1 aliphatic rings. The van der Waals surface area contributed by atoms with Gasteiger partial charge >= 0.3 is 0 Å². The van der Waals surface area contributed by atoms with Gasteiger partial charge in [0.2, 0.25) is 5.95 Å². The topological polar surface area (TPSA) is 143 Å². The van der Waals surface area contributed by atoms with Gasteiger partial charge in [0, 0.05) is 42.8 Å². The van der Waals surface area contributed by atoms with Crippen LogP contribution in [0, 0.1) is 17.3 Å². The van der Waals surface area contributed by atoms with Crippen molar-refractivity contribution in [3.63, 3.8) is 0 Å². The summed E-state index contributed by atoms with van der Waals surface area (Å²) in [6, 6.07) is 8.68. The van der Waals surface area contributed by atoms with Crippen LogP contribution in [0.15, 0.2) is 48.9 Å². The van der Waals surface area contributed by atoms with Crippen molar-refractivity contribution < 1.29 is 9.53 Å². The summed E-state index contributed by atoms with van der Waals surface area (Å²) in [5.74, 6) is 6.94. The fraction of sp³-hybridized carbons (Fsp3) is 0.250. The lowest BCUT2D eigenvalue weighted by Crippen LogP contribution is -2.44. The van der Waals surface area contributed by atoms with E-state index in [1.165, 1.54) is 6.20 Å². The van der Waals surface area contributed by atoms with Crippen molar-refractivity contribution >= 4 is 29.1 Å². The Morgan fingerprint density at radius 2 is 1.94 bits per heavy atom. The number of carbonyl (C=O) groups excluding carboxylic acids is 1. The lowest BCUT2D eigenvalue weighted by Gasteiger charge is -2.27. The molecule has 1 saturated heterocycles. The number of morpholine rings is 1. The summed E-state index contributed by atoms with van der Waals surface area (Å²) in [5.41, 5.74) is 7.22. The molecular weight excluding hydrogens is 432 g/mol. The molecule has 10 nitrogen and oxygen atoms in total. The quantitative estimate of drug-likeness (QED) is 0.391. The number of nitrogens with two attached hydrogens (primary N) is 1. The Morgan fingerprint density at radius 3 is 2.68 bits per heavy atom. The van der Waals surface area contributed by atoms with Gasteiger partial charge in [0.05, 0.1) is 24.8 Å². The third kappa shape index (κ3) is 5.51. The molecule has 3 aromatic rings. The number of amides is 1. The van der Waals surface area contributed by atoms with Crippen molar-refractivity contribution in [3.8, 4) is 11.8 Å². The van der Waals surface area contributed by atoms with Crippen LogP contribution in [-0.2, 0) is 9.53 Å². The highest BCUT2D eigenvalue weighted by Crippen LogP contribution is 2.23. The molecule has 34 heavy (non-hydrogen) atoms. The monoisotopic (exact) mass is 456 g/mol. The third-order valence-corrected chi connectivity index (χ3v) is 5.14. The van der Waals surface area contributed by atoms with Crippen molar-refractivity contribution in [2.24, 2.45) is 0 Å². The molecular formula is C24H24N8O2. The fourth-order valence-electron chi connectivity index (χ4n) is 3.35. The van der Waals surface area contributed by atoms with E-state index in [0.717, 1.165) is 0 Å². The van der Waals surface area contributed by atoms with Crippen LogP contribution in [-0.4, -0.2) is 62.8 Å². The highest BCUT2D eigenvalue weighted by molar-refractivity contribution is 6.45. The van der Waals surface area contributed by atoms with Crippen LogP contribution in [0.1, 0.15) is 29.8 Å². The zero-order valence-corrected chi connectivity index (χ0v) is 18.7. The number of aromatic nitrogens is 4. The Bertz CT molecular complexity index is 1250. The number of nitrogen functional groups attached to an aromatic ring is 1. The highest BCUT2D eigenvalue weighted by Gasteiger charge is 2.24. The first kappa shape index (κ1) is 22.8. The minimum absolute atomic E-state index is 0.110. The van der Waals surface area contributed by atoms with Crippen molar-refractivity contribution in [2.75, 3.05) is 37.4 Å². The van der Waals surface area contributed by atoms with Crippen LogP contribution >= 0.6 is 0 Å². The van der Waals surface area contributed by atoms with Gasteiger partial charge in [0.15, 0.2) is 0 Å². The molecule has 10 heteroatoms. The van der Waals surface area contributed by atoms with E-state index < -0.39 is 0 Å². The molecule has 0 radical (unpaired) electrons. The Morgan fingerprint density at radius 1 is 1.18 bits per heavy atom. The number of ether oxygens (including phenoxy) is 1. The van der Waals surface area contributed by atoms with Crippen LogP contribution < -0.4 is 11.1 Å². The second kappa shape index (κ2) is 10.5. The van der Waals surface area contributed by atoms with Crippen LogP contribution in [0.25, 0.3) is 0 Å². The van der Waals surface area contributed by atoms with Gasteiger partial charge in [0.1, 0.15) is 17.4 Å². The van der Waals surface area contributed by atoms with E-state index in [9.17, 15) is 4.79 Å². The van der Waals surface area contributed by atoms with Crippen LogP contribution in [0.3, 0.4) is 0 Å². The molecule has 3 heterocycles. The Hall–Kier alpha value is -4.36. The molecule has 0 spiro atoms. The number of hydrogen-bond donors (Lipinski definition) is 3. The largest absolute Gasteiger partial charge is 0.378 e. The van der Waals surface area contributed by atoms with Crippen molar-refractivity contribution in [3.05, 3.63) is 65.9 Å². The number of benzene rings is 1. The predicted molar refractivity (Wildman–Crippen MR) is 128 cm³/mol. The number of anilines is 3. The van der Waals surface area contributed by atoms with Crippen LogP contribution in [0.4, 0.5) is 17.5 Å². The van der Waals surface area contributed by atoms with Gasteiger partial charge in [-0.3, -0.25) is 10.2 Å². The number of nitrogens with one attached hydrogen (secondary N) is 2. The SMILES string of the molecule is CC(C#Cc1ccc(C(=N)C(=O)N2CCOCC2)c(Nc2ccnc(N)n2)c1)c1ncccn1. The molecule has 1 aromatic carbocycles. The normalized spacial score (nSPS) is 14.0. The maximum atomic E-state index is 12.9. The fourth-order valence-corrected chi connectivity index (χ4v) is 3.35. The molecule has 4 rings (SSSR count). The first-order valence-corrected chi connectivity index (χ1v) is 10.8. The maximum absolute atomic E-state index is 12.9. The summed E-state index contributed by atoms with van der Waals surface area (Å²) in [7, 11) is 0. The molecule has 0 saturated carbocycles. The first-order valence-electron chi connectivity index (χ1n) is 10.8. The van der Waals surface area contributed by atoms with Gasteiger partial charge in [-0.1, -0.05) is 11.8 Å². The van der Waals surface area contributed by atoms with Crippen molar-refractivity contribution in [1.29, 1.82) is 5.41 Å². The van der Waals surface area contributed by atoms with E-state index >= 15 is 0 Å². The summed E-state index contributed by atoms with van der Waals surface area (Å²) in [6.45, 7) is 3.76. The van der Waals surface area contributed by atoms with Gasteiger partial charge in [-0.05, 0) is 37.3 Å². The molecule has 1 amide bonds. The molecule has 1 unspecified atom stereocenters. The number of carbonyl (C=O) groups is 1. The summed E-state index contributed by atoms with van der Waals surface area (Å²) in [5, 5.41) is 11.7. The number of hydrogen-bond acceptors (Lipinski definition) is 9. The first-order chi connectivity index (χ1) is 16.5. The van der Waals surface area contributed by atoms with Gasteiger partial charge in [-0.15, -0.1) is 0 Å². The molecule has 172 valence electrons. The third-order valence-electron chi connectivity index (χ3n) is 5.14. The standard InChI is InChI=1S/C24H24N8O2/c1-16(22-27-8-2-9-28-22)3-4-17-5-6-18(21(25)23(33)32-11-13-34-14-12-32)19(15-17)30-20-7-10-29-24(26)31-20/h2,5-10,15-16,25H,11-14H2,1H3,(H3,26,29,30,31). The molecule has 2 aromatic heterocycles. The van der Waals surface area contributed by atoms with E-state index in [4.69, 9.17) is 15.9 Å². The maximum Gasteiger partial charge on any atom is 0.272 e. The second-order valence-corrected chi connectivity index (χ2v) is 7.56. The average Bonchev–Trinajstić information content (AvgIpc) is 2.87. The number of nitrogens with zero attached hydrogens (tertiary/aromatic N) is 5. The summed E-state index contributed by atoms with van der Waals surface area (Å²) in [4.78, 5) is 31.1.